The number of hydrogen-bond acceptors (Lipinski definition) is 7. The van der Waals surface area contributed by atoms with E-state index in [1.165, 1.54) is 0 Å². The van der Waals surface area contributed by atoms with Gasteiger partial charge in [-0.25, -0.2) is 19.4 Å². The number of esters is 1. The summed E-state index contributed by atoms with van der Waals surface area (Å²) in [5, 5.41) is 5.90. The first-order valence-electron chi connectivity index (χ1n) is 10.9. The molecule has 0 bridgehead atoms. The van der Waals surface area contributed by atoms with Crippen LogP contribution in [0.2, 0.25) is 0 Å². The molecule has 0 aromatic carbocycles. The van der Waals surface area contributed by atoms with Crippen molar-refractivity contribution in [1.82, 2.24) is 19.7 Å². The van der Waals surface area contributed by atoms with Crippen LogP contribution in [0.5, 0.6) is 0 Å². The summed E-state index contributed by atoms with van der Waals surface area (Å²) < 4.78 is 13.3. The highest BCUT2D eigenvalue weighted by molar-refractivity contribution is 9.10. The molecule has 9 heteroatoms. The highest BCUT2D eigenvalue weighted by Crippen LogP contribution is 2.36. The fourth-order valence-corrected chi connectivity index (χ4v) is 4.47. The lowest BCUT2D eigenvalue weighted by Crippen LogP contribution is -2.37. The van der Waals surface area contributed by atoms with Crippen LogP contribution in [0.1, 0.15) is 55.7 Å². The number of anilines is 1. The maximum atomic E-state index is 12.7. The van der Waals surface area contributed by atoms with Gasteiger partial charge < -0.3 is 14.4 Å². The lowest BCUT2D eigenvalue weighted by atomic mass is 10.0. The Morgan fingerprint density at radius 3 is 2.66 bits per heavy atom. The van der Waals surface area contributed by atoms with E-state index in [9.17, 15) is 4.79 Å². The number of carbonyl (C=O) groups excluding carboxylic acids is 1. The number of fused-ring (bicyclic) bond motifs is 1. The molecule has 0 unspecified atom stereocenters. The molecule has 32 heavy (non-hydrogen) atoms. The van der Waals surface area contributed by atoms with E-state index < -0.39 is 5.97 Å². The molecule has 0 saturated carbocycles. The topological polar surface area (TPSA) is 82.4 Å². The molecule has 1 aliphatic rings. The molecule has 170 valence electrons. The van der Waals surface area contributed by atoms with Crippen molar-refractivity contribution in [2.75, 3.05) is 31.7 Å². The number of carbonyl (C=O) groups is 1. The van der Waals surface area contributed by atoms with Crippen LogP contribution in [-0.2, 0) is 9.47 Å². The van der Waals surface area contributed by atoms with Gasteiger partial charge in [0.05, 0.1) is 35.2 Å². The minimum absolute atomic E-state index is 0.175. The Morgan fingerprint density at radius 2 is 2.03 bits per heavy atom. The molecule has 1 aliphatic heterocycles. The minimum atomic E-state index is -0.433. The summed E-state index contributed by atoms with van der Waals surface area (Å²) in [6.07, 6.45) is 3.83. The Kier molecular flexibility index (Phi) is 6.76. The molecular weight excluding hydrogens is 474 g/mol. The van der Waals surface area contributed by atoms with E-state index in [1.54, 1.807) is 24.9 Å². The number of pyridine rings is 2. The van der Waals surface area contributed by atoms with Gasteiger partial charge in [-0.15, -0.1) is 0 Å². The molecule has 1 fully saturated rings. The highest BCUT2D eigenvalue weighted by atomic mass is 79.9. The van der Waals surface area contributed by atoms with Crippen molar-refractivity contribution in [2.45, 2.75) is 45.6 Å². The number of rotatable bonds is 6. The zero-order valence-corrected chi connectivity index (χ0v) is 20.4. The summed E-state index contributed by atoms with van der Waals surface area (Å²) >= 11 is 3.44. The van der Waals surface area contributed by atoms with Crippen LogP contribution >= 0.6 is 15.9 Å². The van der Waals surface area contributed by atoms with Crippen LogP contribution in [0.3, 0.4) is 0 Å². The second-order valence-corrected chi connectivity index (χ2v) is 8.97. The second-order valence-electron chi connectivity index (χ2n) is 8.16. The van der Waals surface area contributed by atoms with E-state index in [1.807, 2.05) is 18.2 Å². The SMILES string of the molecule is CCOC(=O)c1cc(N2CCC(OC)CC2)c2c(C(C)C)nn(-c3ccnc(Br)c3)c2n1. The van der Waals surface area contributed by atoms with E-state index in [4.69, 9.17) is 19.6 Å². The second kappa shape index (κ2) is 9.54. The molecule has 0 atom stereocenters. The van der Waals surface area contributed by atoms with E-state index in [-0.39, 0.29) is 17.7 Å². The van der Waals surface area contributed by atoms with Crippen molar-refractivity contribution < 1.29 is 14.3 Å². The van der Waals surface area contributed by atoms with E-state index in [2.05, 4.69) is 39.7 Å². The molecule has 4 rings (SSSR count). The molecule has 4 heterocycles. The monoisotopic (exact) mass is 501 g/mol. The van der Waals surface area contributed by atoms with Gasteiger partial charge in [0.25, 0.3) is 0 Å². The zero-order valence-electron chi connectivity index (χ0n) is 18.8. The third-order valence-electron chi connectivity index (χ3n) is 5.75. The van der Waals surface area contributed by atoms with Crippen molar-refractivity contribution in [1.29, 1.82) is 0 Å². The van der Waals surface area contributed by atoms with Gasteiger partial charge in [0, 0.05) is 26.4 Å². The van der Waals surface area contributed by atoms with Gasteiger partial charge in [-0.05, 0) is 59.8 Å². The van der Waals surface area contributed by atoms with Crippen molar-refractivity contribution in [3.05, 3.63) is 40.4 Å². The van der Waals surface area contributed by atoms with E-state index in [0.29, 0.717) is 16.9 Å². The van der Waals surface area contributed by atoms with Gasteiger partial charge >= 0.3 is 5.97 Å². The molecule has 0 aliphatic carbocycles. The Hall–Kier alpha value is -2.52. The van der Waals surface area contributed by atoms with Crippen molar-refractivity contribution in [3.63, 3.8) is 0 Å². The predicted molar refractivity (Wildman–Crippen MR) is 127 cm³/mol. The highest BCUT2D eigenvalue weighted by Gasteiger charge is 2.27. The van der Waals surface area contributed by atoms with Gasteiger partial charge in [0.15, 0.2) is 11.3 Å². The standard InChI is InChI=1S/C23H28BrN5O3/c1-5-32-23(30)17-13-18(28-10-7-16(31-4)8-11-28)20-21(14(2)3)27-29(22(20)26-17)15-6-9-25-19(24)12-15/h6,9,12-14,16H,5,7-8,10-11H2,1-4H3. The summed E-state index contributed by atoms with van der Waals surface area (Å²) in [5.74, 6) is -0.258. The summed E-state index contributed by atoms with van der Waals surface area (Å²) in [6.45, 7) is 8.00. The number of halogens is 1. The number of aromatic nitrogens is 4. The Balaban J connectivity index is 1.95. The Morgan fingerprint density at radius 1 is 1.28 bits per heavy atom. The van der Waals surface area contributed by atoms with Crippen molar-refractivity contribution in [2.24, 2.45) is 0 Å². The number of piperidine rings is 1. The number of nitrogens with zero attached hydrogens (tertiary/aromatic N) is 5. The molecule has 8 nitrogen and oxygen atoms in total. The first-order chi connectivity index (χ1) is 15.4. The van der Waals surface area contributed by atoms with Crippen LogP contribution in [-0.4, -0.2) is 58.6 Å². The Labute approximate surface area is 196 Å². The third kappa shape index (κ3) is 4.36. The first kappa shape index (κ1) is 22.7. The fourth-order valence-electron chi connectivity index (χ4n) is 4.12. The van der Waals surface area contributed by atoms with Crippen LogP contribution in [0, 0.1) is 0 Å². The third-order valence-corrected chi connectivity index (χ3v) is 6.18. The summed E-state index contributed by atoms with van der Waals surface area (Å²) in [7, 11) is 1.76. The molecule has 0 radical (unpaired) electrons. The average molecular weight is 502 g/mol. The van der Waals surface area contributed by atoms with Crippen LogP contribution < -0.4 is 4.90 Å². The molecule has 3 aromatic heterocycles. The molecule has 3 aromatic rings. The fraction of sp³-hybridized carbons (Fsp3) is 0.478. The lowest BCUT2D eigenvalue weighted by Gasteiger charge is -2.33. The largest absolute Gasteiger partial charge is 0.461 e. The molecular formula is C23H28BrN5O3. The van der Waals surface area contributed by atoms with Crippen molar-refractivity contribution >= 4 is 38.6 Å². The number of hydrogen-bond donors (Lipinski definition) is 0. The van der Waals surface area contributed by atoms with Crippen molar-refractivity contribution in [3.8, 4) is 5.69 Å². The normalized spacial score (nSPS) is 15.0. The minimum Gasteiger partial charge on any atom is -0.461 e. The number of methoxy groups -OCH3 is 1. The summed E-state index contributed by atoms with van der Waals surface area (Å²) in [6, 6.07) is 5.62. The van der Waals surface area contributed by atoms with Crippen LogP contribution in [0.15, 0.2) is 29.0 Å². The molecule has 1 saturated heterocycles. The molecule has 0 amide bonds. The quantitative estimate of drug-likeness (QED) is 0.363. The van der Waals surface area contributed by atoms with Gasteiger partial charge in [-0.2, -0.15) is 5.10 Å². The summed E-state index contributed by atoms with van der Waals surface area (Å²) in [4.78, 5) is 24.0. The van der Waals surface area contributed by atoms with Gasteiger partial charge in [0.1, 0.15) is 4.60 Å². The lowest BCUT2D eigenvalue weighted by molar-refractivity contribution is 0.0519. The smallest absolute Gasteiger partial charge is 0.357 e. The maximum absolute atomic E-state index is 12.7. The van der Waals surface area contributed by atoms with E-state index >= 15 is 0 Å². The molecule has 0 N–H and O–H groups in total. The predicted octanol–water partition coefficient (Wildman–Crippen LogP) is 4.49. The average Bonchev–Trinajstić information content (AvgIpc) is 3.19. The van der Waals surface area contributed by atoms with E-state index in [0.717, 1.165) is 48.4 Å². The van der Waals surface area contributed by atoms with Crippen LogP contribution in [0.4, 0.5) is 5.69 Å². The van der Waals surface area contributed by atoms with Gasteiger partial charge in [-0.3, -0.25) is 0 Å². The zero-order chi connectivity index (χ0) is 22.8. The summed E-state index contributed by atoms with van der Waals surface area (Å²) in [5.41, 5.74) is 3.66. The van der Waals surface area contributed by atoms with Crippen LogP contribution in [0.25, 0.3) is 16.7 Å². The van der Waals surface area contributed by atoms with Gasteiger partial charge in [0.2, 0.25) is 0 Å². The Bertz CT molecular complexity index is 1120. The van der Waals surface area contributed by atoms with Gasteiger partial charge in [-0.1, -0.05) is 13.8 Å². The number of ether oxygens (including phenoxy) is 2. The first-order valence-corrected chi connectivity index (χ1v) is 11.7. The maximum Gasteiger partial charge on any atom is 0.357 e. The molecule has 0 spiro atoms.